The first-order chi connectivity index (χ1) is 5.33. The Balaban J connectivity index is 1.98. The summed E-state index contributed by atoms with van der Waals surface area (Å²) in [6, 6.07) is 0. The summed E-state index contributed by atoms with van der Waals surface area (Å²) >= 11 is 0. The summed E-state index contributed by atoms with van der Waals surface area (Å²) in [4.78, 5) is 10.4. The second-order valence-electron chi connectivity index (χ2n) is 3.28. The molecule has 1 atom stereocenters. The zero-order valence-electron chi connectivity index (χ0n) is 7.14. The lowest BCUT2D eigenvalue weighted by molar-refractivity contribution is -0.112. The van der Waals surface area contributed by atoms with E-state index in [0.717, 1.165) is 19.1 Å². The second-order valence-corrected chi connectivity index (χ2v) is 3.28. The Bertz CT molecular complexity index is 128. The molecule has 2 heteroatoms. The Morgan fingerprint density at radius 2 is 2.18 bits per heavy atom. The third kappa shape index (κ3) is 2.62. The van der Waals surface area contributed by atoms with E-state index >= 15 is 0 Å². The van der Waals surface area contributed by atoms with Crippen molar-refractivity contribution < 1.29 is 9.53 Å². The zero-order valence-corrected chi connectivity index (χ0v) is 7.14. The van der Waals surface area contributed by atoms with Crippen LogP contribution in [0.5, 0.6) is 0 Å². The molecule has 0 saturated carbocycles. The Hall–Kier alpha value is -0.370. The molecule has 0 aliphatic carbocycles. The number of epoxide rings is 1. The van der Waals surface area contributed by atoms with E-state index in [1.807, 2.05) is 0 Å². The highest BCUT2D eigenvalue weighted by Crippen LogP contribution is 2.30. The van der Waals surface area contributed by atoms with Gasteiger partial charge in [-0.25, -0.2) is 0 Å². The lowest BCUT2D eigenvalue weighted by Gasteiger charge is -2.01. The van der Waals surface area contributed by atoms with E-state index in [0.29, 0.717) is 6.61 Å². The molecule has 0 amide bonds. The van der Waals surface area contributed by atoms with Crippen molar-refractivity contribution in [1.29, 1.82) is 0 Å². The summed E-state index contributed by atoms with van der Waals surface area (Å²) in [5.41, 5.74) is -0.340. The molecule has 2 nitrogen and oxygen atoms in total. The van der Waals surface area contributed by atoms with E-state index in [1.54, 1.807) is 0 Å². The van der Waals surface area contributed by atoms with Gasteiger partial charge in [0.1, 0.15) is 5.60 Å². The van der Waals surface area contributed by atoms with Crippen molar-refractivity contribution in [2.75, 3.05) is 6.61 Å². The molecule has 1 aliphatic heterocycles. The number of hydrogen-bond donors (Lipinski definition) is 0. The SMILES string of the molecule is CCCCCCC1(C=O)CO1. The van der Waals surface area contributed by atoms with Gasteiger partial charge in [-0.2, -0.15) is 0 Å². The van der Waals surface area contributed by atoms with Crippen molar-refractivity contribution in [3.05, 3.63) is 0 Å². The fraction of sp³-hybridized carbons (Fsp3) is 0.889. The van der Waals surface area contributed by atoms with Gasteiger partial charge in [-0.3, -0.25) is 0 Å². The second kappa shape index (κ2) is 3.86. The molecule has 1 aliphatic rings. The van der Waals surface area contributed by atoms with Gasteiger partial charge < -0.3 is 9.53 Å². The monoisotopic (exact) mass is 156 g/mol. The molecule has 0 N–H and O–H groups in total. The first kappa shape index (κ1) is 8.72. The highest BCUT2D eigenvalue weighted by Gasteiger charge is 2.43. The van der Waals surface area contributed by atoms with E-state index in [9.17, 15) is 4.79 Å². The summed E-state index contributed by atoms with van der Waals surface area (Å²) < 4.78 is 5.06. The number of carbonyl (C=O) groups excluding carboxylic acids is 1. The average molecular weight is 156 g/mol. The van der Waals surface area contributed by atoms with E-state index < -0.39 is 0 Å². The van der Waals surface area contributed by atoms with Crippen molar-refractivity contribution in [1.82, 2.24) is 0 Å². The van der Waals surface area contributed by atoms with Gasteiger partial charge in [0.25, 0.3) is 0 Å². The molecule has 0 spiro atoms. The topological polar surface area (TPSA) is 29.6 Å². The van der Waals surface area contributed by atoms with Crippen molar-refractivity contribution >= 4 is 6.29 Å². The van der Waals surface area contributed by atoms with Crippen LogP contribution in [0.1, 0.15) is 39.0 Å². The molecule has 0 aromatic carbocycles. The van der Waals surface area contributed by atoms with Crippen LogP contribution < -0.4 is 0 Å². The molecule has 1 fully saturated rings. The zero-order chi connectivity index (χ0) is 8.16. The van der Waals surface area contributed by atoms with Crippen LogP contribution in [0.3, 0.4) is 0 Å². The largest absolute Gasteiger partial charge is 0.362 e. The number of aldehydes is 1. The van der Waals surface area contributed by atoms with Crippen LogP contribution in [0.4, 0.5) is 0 Å². The van der Waals surface area contributed by atoms with Gasteiger partial charge in [0.15, 0.2) is 6.29 Å². The number of hydrogen-bond acceptors (Lipinski definition) is 2. The maximum Gasteiger partial charge on any atom is 0.154 e. The molecule has 0 aromatic rings. The van der Waals surface area contributed by atoms with Crippen molar-refractivity contribution in [3.8, 4) is 0 Å². The molecule has 1 unspecified atom stereocenters. The lowest BCUT2D eigenvalue weighted by atomic mass is 10.0. The Morgan fingerprint density at radius 3 is 2.64 bits per heavy atom. The van der Waals surface area contributed by atoms with Gasteiger partial charge in [-0.1, -0.05) is 32.6 Å². The average Bonchev–Trinajstić information content (AvgIpc) is 2.80. The number of ether oxygens (including phenoxy) is 1. The lowest BCUT2D eigenvalue weighted by Crippen LogP contribution is -2.11. The maximum atomic E-state index is 10.4. The summed E-state index contributed by atoms with van der Waals surface area (Å²) in [5.74, 6) is 0. The maximum absolute atomic E-state index is 10.4. The summed E-state index contributed by atoms with van der Waals surface area (Å²) in [5, 5.41) is 0. The minimum absolute atomic E-state index is 0.340. The highest BCUT2D eigenvalue weighted by molar-refractivity contribution is 5.66. The minimum atomic E-state index is -0.340. The van der Waals surface area contributed by atoms with E-state index in [1.165, 1.54) is 19.3 Å². The molecular formula is C9H16O2. The van der Waals surface area contributed by atoms with Crippen LogP contribution in [-0.2, 0) is 9.53 Å². The number of carbonyl (C=O) groups is 1. The molecular weight excluding hydrogens is 140 g/mol. The predicted octanol–water partition coefficient (Wildman–Crippen LogP) is 1.92. The van der Waals surface area contributed by atoms with Crippen LogP contribution in [-0.4, -0.2) is 18.5 Å². The standard InChI is InChI=1S/C9H16O2/c1-2-3-4-5-6-9(7-10)8-11-9/h7H,2-6,8H2,1H3. The van der Waals surface area contributed by atoms with E-state index in [-0.39, 0.29) is 5.60 Å². The van der Waals surface area contributed by atoms with Crippen LogP contribution in [0, 0.1) is 0 Å². The third-order valence-corrected chi connectivity index (χ3v) is 2.18. The summed E-state index contributed by atoms with van der Waals surface area (Å²) in [6.07, 6.45) is 6.77. The molecule has 0 bridgehead atoms. The van der Waals surface area contributed by atoms with Crippen molar-refractivity contribution in [2.45, 2.75) is 44.6 Å². The number of rotatable bonds is 6. The van der Waals surface area contributed by atoms with Crippen LogP contribution in [0.2, 0.25) is 0 Å². The Kier molecular flexibility index (Phi) is 3.06. The molecule has 1 rings (SSSR count). The van der Waals surface area contributed by atoms with Gasteiger partial charge >= 0.3 is 0 Å². The Labute approximate surface area is 67.9 Å². The molecule has 0 radical (unpaired) electrons. The fourth-order valence-electron chi connectivity index (χ4n) is 1.22. The molecule has 1 saturated heterocycles. The molecule has 1 heterocycles. The van der Waals surface area contributed by atoms with E-state index in [4.69, 9.17) is 4.74 Å². The van der Waals surface area contributed by atoms with Gasteiger partial charge in [0.2, 0.25) is 0 Å². The quantitative estimate of drug-likeness (QED) is 0.334. The minimum Gasteiger partial charge on any atom is -0.362 e. The predicted molar refractivity (Wildman–Crippen MR) is 43.5 cm³/mol. The smallest absolute Gasteiger partial charge is 0.154 e. The first-order valence-electron chi connectivity index (χ1n) is 4.43. The third-order valence-electron chi connectivity index (χ3n) is 2.18. The highest BCUT2D eigenvalue weighted by atomic mass is 16.6. The number of unbranched alkanes of at least 4 members (excludes halogenated alkanes) is 3. The molecule has 0 aromatic heterocycles. The molecule has 64 valence electrons. The van der Waals surface area contributed by atoms with Gasteiger partial charge in [-0.15, -0.1) is 0 Å². The molecule has 11 heavy (non-hydrogen) atoms. The van der Waals surface area contributed by atoms with Gasteiger partial charge in [-0.05, 0) is 6.42 Å². The van der Waals surface area contributed by atoms with Crippen molar-refractivity contribution in [2.24, 2.45) is 0 Å². The fourth-order valence-corrected chi connectivity index (χ4v) is 1.22. The Morgan fingerprint density at radius 1 is 1.45 bits per heavy atom. The normalized spacial score (nSPS) is 28.5. The summed E-state index contributed by atoms with van der Waals surface area (Å²) in [6.45, 7) is 2.84. The van der Waals surface area contributed by atoms with Crippen LogP contribution >= 0.6 is 0 Å². The van der Waals surface area contributed by atoms with Gasteiger partial charge in [0.05, 0.1) is 6.61 Å². The van der Waals surface area contributed by atoms with Crippen molar-refractivity contribution in [3.63, 3.8) is 0 Å². The van der Waals surface area contributed by atoms with Crippen LogP contribution in [0.25, 0.3) is 0 Å². The first-order valence-corrected chi connectivity index (χ1v) is 4.43. The van der Waals surface area contributed by atoms with Crippen LogP contribution in [0.15, 0.2) is 0 Å². The summed E-state index contributed by atoms with van der Waals surface area (Å²) in [7, 11) is 0. The van der Waals surface area contributed by atoms with E-state index in [2.05, 4.69) is 6.92 Å². The van der Waals surface area contributed by atoms with Gasteiger partial charge in [0, 0.05) is 0 Å².